The average Bonchev–Trinajstić information content (AvgIpc) is 3.60. The van der Waals surface area contributed by atoms with Crippen molar-refractivity contribution in [3.05, 3.63) is 200 Å². The van der Waals surface area contributed by atoms with Crippen LogP contribution in [0.5, 0.6) is 0 Å². The summed E-state index contributed by atoms with van der Waals surface area (Å²) in [6, 6.07) is 60.8. The quantitative estimate of drug-likeness (QED) is 0.180. The van der Waals surface area contributed by atoms with Gasteiger partial charge in [-0.1, -0.05) is 140 Å². The van der Waals surface area contributed by atoms with Crippen LogP contribution in [0, 0.1) is 5.92 Å². The third-order valence-corrected chi connectivity index (χ3v) is 11.0. The third kappa shape index (κ3) is 5.62. The molecule has 2 unspecified atom stereocenters. The molecule has 1 aliphatic rings. The maximum Gasteiger partial charge on any atom is 0.135 e. The Balaban J connectivity index is 0.992. The van der Waals surface area contributed by atoms with Crippen molar-refractivity contribution < 1.29 is 4.42 Å². The third-order valence-electron chi connectivity index (χ3n) is 11.0. The summed E-state index contributed by atoms with van der Waals surface area (Å²) in [5, 5.41) is 11.0. The molecule has 3 nitrogen and oxygen atoms in total. The number of furan rings is 1. The van der Waals surface area contributed by atoms with Gasteiger partial charge in [0.1, 0.15) is 11.2 Å². The maximum absolute atomic E-state index is 6.20. The van der Waals surface area contributed by atoms with Crippen molar-refractivity contribution >= 4 is 71.9 Å². The topological polar surface area (TPSA) is 28.4 Å². The van der Waals surface area contributed by atoms with Crippen molar-refractivity contribution in [1.29, 1.82) is 0 Å². The van der Waals surface area contributed by atoms with Crippen LogP contribution in [0.2, 0.25) is 0 Å². The van der Waals surface area contributed by atoms with E-state index in [1.165, 1.54) is 38.2 Å². The summed E-state index contributed by atoms with van der Waals surface area (Å²) in [6.07, 6.45) is 8.98. The molecule has 0 fully saturated rings. The number of para-hydroxylation sites is 1. The number of nitrogens with one attached hydrogen (secondary N) is 1. The molecule has 0 amide bonds. The number of benzene rings is 8. The molecular weight excluding hydrogens is 657 g/mol. The minimum Gasteiger partial charge on any atom is -0.456 e. The fourth-order valence-corrected chi connectivity index (χ4v) is 8.23. The van der Waals surface area contributed by atoms with Gasteiger partial charge in [-0.2, -0.15) is 0 Å². The molecule has 1 N–H and O–H groups in total. The van der Waals surface area contributed by atoms with Gasteiger partial charge in [0.05, 0.1) is 5.69 Å². The van der Waals surface area contributed by atoms with Gasteiger partial charge in [0.2, 0.25) is 0 Å². The van der Waals surface area contributed by atoms with Gasteiger partial charge in [0, 0.05) is 44.8 Å². The molecule has 54 heavy (non-hydrogen) atoms. The number of hydrogen-bond donors (Lipinski definition) is 1. The van der Waals surface area contributed by atoms with Gasteiger partial charge in [0.15, 0.2) is 0 Å². The van der Waals surface area contributed by atoms with Crippen molar-refractivity contribution in [2.24, 2.45) is 5.92 Å². The fourth-order valence-electron chi connectivity index (χ4n) is 8.23. The molecule has 1 aliphatic carbocycles. The number of fused-ring (bicyclic) bond motifs is 5. The second-order valence-corrected chi connectivity index (χ2v) is 14.3. The first kappa shape index (κ1) is 31.9. The lowest BCUT2D eigenvalue weighted by Crippen LogP contribution is -2.10. The van der Waals surface area contributed by atoms with Crippen LogP contribution in [0.3, 0.4) is 0 Å². The van der Waals surface area contributed by atoms with E-state index in [9.17, 15) is 0 Å². The van der Waals surface area contributed by atoms with E-state index in [1.807, 2.05) is 12.1 Å². The van der Waals surface area contributed by atoms with Crippen LogP contribution in [-0.2, 0) is 0 Å². The zero-order valence-electron chi connectivity index (χ0n) is 30.0. The lowest BCUT2D eigenvalue weighted by Gasteiger charge is -2.27. The van der Waals surface area contributed by atoms with Crippen molar-refractivity contribution in [3.63, 3.8) is 0 Å². The Hall–Kier alpha value is -6.84. The van der Waals surface area contributed by atoms with E-state index in [0.29, 0.717) is 11.8 Å². The summed E-state index contributed by atoms with van der Waals surface area (Å²) in [7, 11) is 0. The second-order valence-electron chi connectivity index (χ2n) is 14.3. The Bertz CT molecular complexity index is 2870. The van der Waals surface area contributed by atoms with Gasteiger partial charge in [-0.05, 0) is 99.4 Å². The van der Waals surface area contributed by atoms with Gasteiger partial charge in [-0.15, -0.1) is 0 Å². The van der Waals surface area contributed by atoms with E-state index >= 15 is 0 Å². The highest BCUT2D eigenvalue weighted by Gasteiger charge is 2.22. The lowest BCUT2D eigenvalue weighted by atomic mass is 9.81. The van der Waals surface area contributed by atoms with Crippen LogP contribution < -0.4 is 10.2 Å². The van der Waals surface area contributed by atoms with Gasteiger partial charge in [-0.3, -0.25) is 0 Å². The molecule has 1 aromatic heterocycles. The first-order valence-electron chi connectivity index (χ1n) is 18.7. The molecule has 2 atom stereocenters. The van der Waals surface area contributed by atoms with E-state index in [1.54, 1.807) is 0 Å². The van der Waals surface area contributed by atoms with Crippen molar-refractivity contribution in [2.45, 2.75) is 12.8 Å². The number of allylic oxidation sites excluding steroid dienone is 4. The summed E-state index contributed by atoms with van der Waals surface area (Å²) in [6.45, 7) is 2.30. The molecule has 1 heterocycles. The van der Waals surface area contributed by atoms with Crippen LogP contribution in [-0.4, -0.2) is 0 Å². The van der Waals surface area contributed by atoms with E-state index in [0.717, 1.165) is 50.4 Å². The van der Waals surface area contributed by atoms with E-state index in [2.05, 4.69) is 199 Å². The lowest BCUT2D eigenvalue weighted by molar-refractivity contribution is 0.640. The predicted molar refractivity (Wildman–Crippen MR) is 229 cm³/mol. The number of nitrogens with zero attached hydrogens (tertiary/aromatic N) is 1. The van der Waals surface area contributed by atoms with Crippen molar-refractivity contribution in [3.8, 4) is 11.1 Å². The zero-order valence-corrected chi connectivity index (χ0v) is 30.0. The van der Waals surface area contributed by atoms with E-state index in [-0.39, 0.29) is 0 Å². The first-order chi connectivity index (χ1) is 26.7. The van der Waals surface area contributed by atoms with Gasteiger partial charge < -0.3 is 14.6 Å². The average molecular weight is 695 g/mol. The Morgan fingerprint density at radius 1 is 0.500 bits per heavy atom. The minimum absolute atomic E-state index is 0.302. The molecule has 8 aromatic carbocycles. The molecule has 0 spiro atoms. The highest BCUT2D eigenvalue weighted by atomic mass is 16.3. The fraction of sp³-hybridized carbons (Fsp3) is 0.0588. The summed E-state index contributed by atoms with van der Waals surface area (Å²) < 4.78 is 6.20. The summed E-state index contributed by atoms with van der Waals surface area (Å²) in [5.41, 5.74) is 11.0. The van der Waals surface area contributed by atoms with Crippen LogP contribution in [0.4, 0.5) is 28.4 Å². The van der Waals surface area contributed by atoms with Gasteiger partial charge in [-0.25, -0.2) is 0 Å². The molecular formula is C51H38N2O. The highest BCUT2D eigenvalue weighted by molar-refractivity contribution is 6.07. The summed E-state index contributed by atoms with van der Waals surface area (Å²) >= 11 is 0. The Morgan fingerprint density at radius 2 is 1.13 bits per heavy atom. The van der Waals surface area contributed by atoms with Crippen LogP contribution >= 0.6 is 0 Å². The first-order valence-corrected chi connectivity index (χ1v) is 18.7. The molecule has 9 aromatic rings. The molecule has 10 rings (SSSR count). The second kappa shape index (κ2) is 13.3. The van der Waals surface area contributed by atoms with Gasteiger partial charge >= 0.3 is 0 Å². The Labute approximate surface area is 315 Å². The Morgan fingerprint density at radius 3 is 1.93 bits per heavy atom. The smallest absolute Gasteiger partial charge is 0.135 e. The largest absolute Gasteiger partial charge is 0.456 e. The predicted octanol–water partition coefficient (Wildman–Crippen LogP) is 14.6. The standard InChI is InChI=1S/C51H38N2O/c1-34-11-2-5-15-42(34)51-44-17-7-4-13-38(44)25-31-47(51)52-39-26-21-35(22-27-39)36-23-28-40(29-24-36)53(48-19-10-14-37-12-3-6-16-43(37)48)41-30-32-50-46(33-41)45-18-8-9-20-49(45)54-50/h2-34,42,52H,1H3. The number of rotatable bonds is 7. The Kier molecular flexibility index (Phi) is 7.84. The van der Waals surface area contributed by atoms with E-state index < -0.39 is 0 Å². The molecule has 258 valence electrons. The van der Waals surface area contributed by atoms with Crippen LogP contribution in [0.1, 0.15) is 18.4 Å². The SMILES string of the molecule is CC1C=CC=CC1c1c(Nc2ccc(-c3ccc(N(c4ccc5oc6ccccc6c5c4)c4cccc5ccccc45)cc3)cc2)ccc2ccccc12. The molecule has 3 heteroatoms. The molecule has 0 aliphatic heterocycles. The van der Waals surface area contributed by atoms with Gasteiger partial charge in [0.25, 0.3) is 0 Å². The maximum atomic E-state index is 6.20. The number of hydrogen-bond acceptors (Lipinski definition) is 3. The summed E-state index contributed by atoms with van der Waals surface area (Å²) in [4.78, 5) is 2.36. The summed E-state index contributed by atoms with van der Waals surface area (Å²) in [5.74, 6) is 0.715. The minimum atomic E-state index is 0.302. The molecule has 0 saturated carbocycles. The number of anilines is 5. The highest BCUT2D eigenvalue weighted by Crippen LogP contribution is 2.43. The van der Waals surface area contributed by atoms with Crippen LogP contribution in [0.15, 0.2) is 199 Å². The normalized spacial score (nSPS) is 15.4. The molecule has 0 saturated heterocycles. The monoisotopic (exact) mass is 694 g/mol. The van der Waals surface area contributed by atoms with Crippen LogP contribution in [0.25, 0.3) is 54.6 Å². The van der Waals surface area contributed by atoms with Crippen molar-refractivity contribution in [2.75, 3.05) is 10.2 Å². The van der Waals surface area contributed by atoms with E-state index in [4.69, 9.17) is 4.42 Å². The molecule has 0 radical (unpaired) electrons. The molecule has 0 bridgehead atoms. The van der Waals surface area contributed by atoms with Crippen molar-refractivity contribution in [1.82, 2.24) is 0 Å². The zero-order chi connectivity index (χ0) is 36.0.